The summed E-state index contributed by atoms with van der Waals surface area (Å²) < 4.78 is 45.8. The Kier molecular flexibility index (Phi) is 8.39. The predicted octanol–water partition coefficient (Wildman–Crippen LogP) is 7.01. The summed E-state index contributed by atoms with van der Waals surface area (Å²) in [5.41, 5.74) is 0.713. The number of halogens is 4. The summed E-state index contributed by atoms with van der Waals surface area (Å²) in [7, 11) is 0. The lowest BCUT2D eigenvalue weighted by atomic mass is 10.1. The minimum Gasteiger partial charge on any atom is -0.365 e. The lowest BCUT2D eigenvalue weighted by Gasteiger charge is -2.14. The maximum Gasteiger partial charge on any atom is 0.273 e. The Bertz CT molecular complexity index is 1550. The van der Waals surface area contributed by atoms with E-state index in [4.69, 9.17) is 11.6 Å². The number of nitrogens with zero attached hydrogens (tertiary/aromatic N) is 4. The quantitative estimate of drug-likeness (QED) is 0.304. The minimum atomic E-state index is -0.939. The van der Waals surface area contributed by atoms with Crippen molar-refractivity contribution < 1.29 is 13.2 Å². The van der Waals surface area contributed by atoms with Gasteiger partial charge in [-0.15, -0.1) is 0 Å². The highest BCUT2D eigenvalue weighted by atomic mass is 35.5. The molecule has 3 aromatic heterocycles. The molecule has 10 heteroatoms. The molecule has 0 amide bonds. The van der Waals surface area contributed by atoms with Crippen molar-refractivity contribution >= 4 is 29.3 Å². The second-order valence-corrected chi connectivity index (χ2v) is 10.2. The Balaban J connectivity index is 1.74. The SMILES string of the molecule is C/C=C/N=C(/C(F)=C/n1c(C)cc(C2C(C)C2c2cncc(F)c2)c(Cl)c1=O)c1ccnc(NC(C)C)c1F. The first-order valence-corrected chi connectivity index (χ1v) is 12.9. The lowest BCUT2D eigenvalue weighted by Crippen LogP contribution is -2.21. The van der Waals surface area contributed by atoms with E-state index in [0.717, 1.165) is 22.5 Å². The molecule has 1 fully saturated rings. The number of aryl methyl sites for hydroxylation is 1. The first kappa shape index (κ1) is 28.3. The van der Waals surface area contributed by atoms with Gasteiger partial charge in [-0.3, -0.25) is 19.3 Å². The largest absolute Gasteiger partial charge is 0.365 e. The maximum absolute atomic E-state index is 15.7. The van der Waals surface area contributed by atoms with Gasteiger partial charge >= 0.3 is 0 Å². The molecule has 6 nitrogen and oxygen atoms in total. The third-order valence-electron chi connectivity index (χ3n) is 6.64. The number of aliphatic imine (C=N–C) groups is 1. The molecule has 1 aliphatic rings. The average molecular weight is 556 g/mol. The van der Waals surface area contributed by atoms with Crippen molar-refractivity contribution in [2.75, 3.05) is 5.32 Å². The predicted molar refractivity (Wildman–Crippen MR) is 149 cm³/mol. The molecule has 3 atom stereocenters. The molecule has 1 saturated carbocycles. The van der Waals surface area contributed by atoms with E-state index in [1.165, 1.54) is 24.5 Å². The number of anilines is 1. The molecular formula is C29H29ClF3N5O. The van der Waals surface area contributed by atoms with E-state index in [1.54, 1.807) is 32.2 Å². The maximum atomic E-state index is 15.7. The molecule has 0 spiro atoms. The third kappa shape index (κ3) is 5.83. The van der Waals surface area contributed by atoms with Crippen LogP contribution in [0.4, 0.5) is 19.0 Å². The highest BCUT2D eigenvalue weighted by Crippen LogP contribution is 2.61. The summed E-state index contributed by atoms with van der Waals surface area (Å²) in [6, 6.07) is 4.37. The first-order chi connectivity index (χ1) is 18.5. The highest BCUT2D eigenvalue weighted by Gasteiger charge is 2.50. The van der Waals surface area contributed by atoms with Crippen LogP contribution < -0.4 is 10.9 Å². The van der Waals surface area contributed by atoms with E-state index in [2.05, 4.69) is 20.3 Å². The van der Waals surface area contributed by atoms with Crippen molar-refractivity contribution in [1.82, 2.24) is 14.5 Å². The van der Waals surface area contributed by atoms with Crippen LogP contribution in [0.5, 0.6) is 0 Å². The molecule has 4 rings (SSSR count). The number of allylic oxidation sites excluding steroid dienone is 2. The molecule has 0 aromatic carbocycles. The van der Waals surface area contributed by atoms with Crippen LogP contribution in [0.1, 0.15) is 61.9 Å². The molecule has 1 aliphatic carbocycles. The fraction of sp³-hybridized carbons (Fsp3) is 0.310. The van der Waals surface area contributed by atoms with Crippen LogP contribution >= 0.6 is 11.6 Å². The average Bonchev–Trinajstić information content (AvgIpc) is 3.56. The van der Waals surface area contributed by atoms with Gasteiger partial charge in [0, 0.05) is 35.9 Å². The number of hydrogen-bond donors (Lipinski definition) is 1. The van der Waals surface area contributed by atoms with Gasteiger partial charge < -0.3 is 5.32 Å². The van der Waals surface area contributed by atoms with Gasteiger partial charge in [0.15, 0.2) is 17.5 Å². The molecule has 3 unspecified atom stereocenters. The zero-order valence-electron chi connectivity index (χ0n) is 22.2. The van der Waals surface area contributed by atoms with Crippen molar-refractivity contribution in [1.29, 1.82) is 0 Å². The number of rotatable bonds is 8. The van der Waals surface area contributed by atoms with E-state index in [0.29, 0.717) is 11.3 Å². The molecule has 3 heterocycles. The smallest absolute Gasteiger partial charge is 0.273 e. The summed E-state index contributed by atoms with van der Waals surface area (Å²) in [5.74, 6) is -2.23. The molecule has 0 saturated heterocycles. The van der Waals surface area contributed by atoms with Gasteiger partial charge in [0.25, 0.3) is 5.56 Å². The van der Waals surface area contributed by atoms with Crippen molar-refractivity contribution in [2.45, 2.75) is 52.5 Å². The molecule has 1 N–H and O–H groups in total. The Labute approximate surface area is 230 Å². The lowest BCUT2D eigenvalue weighted by molar-refractivity contribution is 0.616. The van der Waals surface area contributed by atoms with E-state index in [1.807, 2.05) is 20.8 Å². The summed E-state index contributed by atoms with van der Waals surface area (Å²) in [6.07, 6.45) is 7.96. The molecule has 204 valence electrons. The summed E-state index contributed by atoms with van der Waals surface area (Å²) >= 11 is 6.52. The molecule has 39 heavy (non-hydrogen) atoms. The zero-order valence-corrected chi connectivity index (χ0v) is 23.0. The van der Waals surface area contributed by atoms with Gasteiger partial charge in [-0.1, -0.05) is 24.6 Å². The summed E-state index contributed by atoms with van der Waals surface area (Å²) in [5, 5.41) is 2.83. The molecule has 0 bridgehead atoms. The first-order valence-electron chi connectivity index (χ1n) is 12.5. The Hall–Kier alpha value is -3.72. The number of aromatic nitrogens is 3. The van der Waals surface area contributed by atoms with Gasteiger partial charge in [-0.25, -0.2) is 18.2 Å². The van der Waals surface area contributed by atoms with Crippen molar-refractivity contribution in [2.24, 2.45) is 10.9 Å². The summed E-state index contributed by atoms with van der Waals surface area (Å²) in [4.78, 5) is 25.3. The van der Waals surface area contributed by atoms with Gasteiger partial charge in [-0.2, -0.15) is 0 Å². The van der Waals surface area contributed by atoms with E-state index in [9.17, 15) is 9.18 Å². The van der Waals surface area contributed by atoms with Crippen molar-refractivity contribution in [3.63, 3.8) is 0 Å². The van der Waals surface area contributed by atoms with E-state index in [-0.39, 0.29) is 45.9 Å². The Morgan fingerprint density at radius 2 is 1.97 bits per heavy atom. The van der Waals surface area contributed by atoms with Crippen LogP contribution in [0.3, 0.4) is 0 Å². The minimum absolute atomic E-state index is 0.0363. The van der Waals surface area contributed by atoms with E-state index < -0.39 is 23.0 Å². The second kappa shape index (κ2) is 11.6. The van der Waals surface area contributed by atoms with Gasteiger partial charge in [0.05, 0.1) is 12.4 Å². The second-order valence-electron chi connectivity index (χ2n) is 9.83. The Morgan fingerprint density at radius 1 is 1.23 bits per heavy atom. The van der Waals surface area contributed by atoms with Crippen molar-refractivity contribution in [3.8, 4) is 0 Å². The summed E-state index contributed by atoms with van der Waals surface area (Å²) in [6.45, 7) is 8.98. The van der Waals surface area contributed by atoms with Crippen LogP contribution in [0.25, 0.3) is 6.20 Å². The van der Waals surface area contributed by atoms with Crippen LogP contribution in [0, 0.1) is 24.5 Å². The Morgan fingerprint density at radius 3 is 2.64 bits per heavy atom. The molecule has 0 radical (unpaired) electrons. The zero-order chi connectivity index (χ0) is 28.4. The molecule has 3 aromatic rings. The standard InChI is InChI=1S/C29H29ClF3N5O/c1-6-8-35-27(20-7-9-36-28(26(20)33)37-15(2)3)22(32)14-38-16(4)10-21(25(30)29(38)39)24-17(5)23(24)18-11-19(31)13-34-12-18/h6-15,17,23-24H,1-5H3,(H,36,37)/b8-6+,22-14-,35-27+. The molecular weight excluding hydrogens is 527 g/mol. The monoisotopic (exact) mass is 555 g/mol. The molecule has 0 aliphatic heterocycles. The van der Waals surface area contributed by atoms with Crippen LogP contribution in [-0.4, -0.2) is 26.3 Å². The number of pyridine rings is 3. The fourth-order valence-electron chi connectivity index (χ4n) is 4.80. The van der Waals surface area contributed by atoms with Crippen LogP contribution in [-0.2, 0) is 0 Å². The number of hydrogen-bond acceptors (Lipinski definition) is 5. The topological polar surface area (TPSA) is 72.2 Å². The van der Waals surface area contributed by atoms with Gasteiger partial charge in [0.1, 0.15) is 16.6 Å². The number of nitrogens with one attached hydrogen (secondary N) is 1. The van der Waals surface area contributed by atoms with Crippen molar-refractivity contribution in [3.05, 3.63) is 104 Å². The highest BCUT2D eigenvalue weighted by molar-refractivity contribution is 6.31. The van der Waals surface area contributed by atoms with Crippen LogP contribution in [0.15, 0.2) is 64.7 Å². The van der Waals surface area contributed by atoms with Crippen LogP contribution in [0.2, 0.25) is 5.02 Å². The fourth-order valence-corrected chi connectivity index (χ4v) is 5.07. The van der Waals surface area contributed by atoms with Gasteiger partial charge in [0.2, 0.25) is 0 Å². The normalized spacial score (nSPS) is 19.7. The van der Waals surface area contributed by atoms with Gasteiger partial charge in [-0.05, 0) is 74.8 Å². The third-order valence-corrected chi connectivity index (χ3v) is 7.02. The van der Waals surface area contributed by atoms with E-state index >= 15 is 8.78 Å².